The number of fused-ring (bicyclic) bond motifs is 2. The van der Waals surface area contributed by atoms with Gasteiger partial charge < -0.3 is 9.47 Å². The fourth-order valence-electron chi connectivity index (χ4n) is 3.40. The molecule has 1 aliphatic rings. The van der Waals surface area contributed by atoms with E-state index in [1.165, 1.54) is 5.56 Å². The minimum Gasteiger partial charge on any atom is -0.318 e. The number of carbonyl (C=O) groups is 1. The van der Waals surface area contributed by atoms with Crippen molar-refractivity contribution in [2.45, 2.75) is 19.8 Å². The van der Waals surface area contributed by atoms with E-state index >= 15 is 0 Å². The molecule has 3 aromatic rings. The number of carbonyl (C=O) groups excluding carboxylic acids is 1. The number of aryl methyl sites for hydroxylation is 2. The van der Waals surface area contributed by atoms with Crippen LogP contribution in [-0.4, -0.2) is 27.0 Å². The lowest BCUT2D eigenvalue weighted by atomic mass is 9.97. The van der Waals surface area contributed by atoms with Gasteiger partial charge in [-0.3, -0.25) is 4.79 Å². The minimum atomic E-state index is -0.0487. The van der Waals surface area contributed by atoms with Crippen molar-refractivity contribution in [3.05, 3.63) is 52.4 Å². The molecule has 122 valence electrons. The summed E-state index contributed by atoms with van der Waals surface area (Å²) in [5, 5.41) is 0.686. The average Bonchev–Trinajstić information content (AvgIpc) is 2.98. The van der Waals surface area contributed by atoms with Crippen LogP contribution in [0.1, 0.15) is 27.9 Å². The normalized spacial score (nSPS) is 14.0. The van der Waals surface area contributed by atoms with E-state index in [2.05, 4.69) is 9.97 Å². The number of benzene rings is 1. The standard InChI is InChI=1S/C18H17ClN4O/c1-11-14(19)6-5-12-4-3-9-23(16(11)12)18(24)13-7-8-20-17-15(13)21-10-22(17)2/h5-8,10H,3-4,9H2,1-2H3. The van der Waals surface area contributed by atoms with Gasteiger partial charge in [0.15, 0.2) is 5.65 Å². The Morgan fingerprint density at radius 2 is 2.08 bits per heavy atom. The summed E-state index contributed by atoms with van der Waals surface area (Å²) < 4.78 is 1.82. The summed E-state index contributed by atoms with van der Waals surface area (Å²) in [6, 6.07) is 5.67. The highest BCUT2D eigenvalue weighted by Crippen LogP contribution is 2.35. The molecule has 2 aromatic heterocycles. The fourth-order valence-corrected chi connectivity index (χ4v) is 3.55. The van der Waals surface area contributed by atoms with E-state index in [1.54, 1.807) is 18.6 Å². The molecule has 0 aliphatic carbocycles. The highest BCUT2D eigenvalue weighted by molar-refractivity contribution is 6.32. The predicted octanol–water partition coefficient (Wildman–Crippen LogP) is 3.52. The molecule has 6 heteroatoms. The topological polar surface area (TPSA) is 51.0 Å². The number of anilines is 1. The lowest BCUT2D eigenvalue weighted by Gasteiger charge is -2.31. The first-order chi connectivity index (χ1) is 11.6. The van der Waals surface area contributed by atoms with Crippen LogP contribution in [0.2, 0.25) is 5.02 Å². The van der Waals surface area contributed by atoms with Gasteiger partial charge in [-0.1, -0.05) is 17.7 Å². The molecule has 0 saturated heterocycles. The smallest absolute Gasteiger partial charge is 0.260 e. The monoisotopic (exact) mass is 340 g/mol. The second-order valence-electron chi connectivity index (χ2n) is 6.13. The van der Waals surface area contributed by atoms with Gasteiger partial charge in [-0.2, -0.15) is 0 Å². The maximum atomic E-state index is 13.3. The number of hydrogen-bond acceptors (Lipinski definition) is 3. The van der Waals surface area contributed by atoms with Crippen LogP contribution >= 0.6 is 11.6 Å². The van der Waals surface area contributed by atoms with E-state index in [0.717, 1.165) is 24.1 Å². The molecule has 0 spiro atoms. The van der Waals surface area contributed by atoms with E-state index in [9.17, 15) is 4.79 Å². The zero-order chi connectivity index (χ0) is 16.8. The van der Waals surface area contributed by atoms with Crippen LogP contribution in [0.4, 0.5) is 5.69 Å². The van der Waals surface area contributed by atoms with Crippen LogP contribution in [0.3, 0.4) is 0 Å². The third-order valence-electron chi connectivity index (χ3n) is 4.62. The molecule has 3 heterocycles. The van der Waals surface area contributed by atoms with Gasteiger partial charge in [0, 0.05) is 24.8 Å². The van der Waals surface area contributed by atoms with Crippen molar-refractivity contribution in [2.75, 3.05) is 11.4 Å². The van der Waals surface area contributed by atoms with E-state index in [-0.39, 0.29) is 5.91 Å². The number of rotatable bonds is 1. The van der Waals surface area contributed by atoms with E-state index in [1.807, 2.05) is 35.6 Å². The van der Waals surface area contributed by atoms with E-state index in [0.29, 0.717) is 28.3 Å². The molecule has 1 aromatic carbocycles. The highest BCUT2D eigenvalue weighted by Gasteiger charge is 2.27. The Balaban J connectivity index is 1.86. The van der Waals surface area contributed by atoms with Crippen molar-refractivity contribution >= 4 is 34.4 Å². The molecule has 4 rings (SSSR count). The molecule has 0 saturated carbocycles. The van der Waals surface area contributed by atoms with Crippen LogP contribution in [-0.2, 0) is 13.5 Å². The van der Waals surface area contributed by atoms with Gasteiger partial charge in [0.1, 0.15) is 5.52 Å². The number of hydrogen-bond donors (Lipinski definition) is 0. The summed E-state index contributed by atoms with van der Waals surface area (Å²) in [6.07, 6.45) is 5.25. The summed E-state index contributed by atoms with van der Waals surface area (Å²) in [5.41, 5.74) is 4.99. The first kappa shape index (κ1) is 15.1. The Kier molecular flexibility index (Phi) is 3.53. The third kappa shape index (κ3) is 2.19. The largest absolute Gasteiger partial charge is 0.318 e. The number of aromatic nitrogens is 3. The van der Waals surface area contributed by atoms with Crippen LogP contribution in [0.25, 0.3) is 11.2 Å². The molecule has 1 aliphatic heterocycles. The van der Waals surface area contributed by atoms with Crippen molar-refractivity contribution in [1.29, 1.82) is 0 Å². The van der Waals surface area contributed by atoms with E-state index in [4.69, 9.17) is 11.6 Å². The Morgan fingerprint density at radius 1 is 1.25 bits per heavy atom. The quantitative estimate of drug-likeness (QED) is 0.681. The Hall–Kier alpha value is -2.40. The van der Waals surface area contributed by atoms with Gasteiger partial charge in [-0.05, 0) is 43.0 Å². The summed E-state index contributed by atoms with van der Waals surface area (Å²) in [5.74, 6) is -0.0487. The number of amides is 1. The van der Waals surface area contributed by atoms with Crippen molar-refractivity contribution in [2.24, 2.45) is 7.05 Å². The molecule has 0 atom stereocenters. The third-order valence-corrected chi connectivity index (χ3v) is 5.03. The molecular weight excluding hydrogens is 324 g/mol. The zero-order valence-electron chi connectivity index (χ0n) is 13.6. The average molecular weight is 341 g/mol. The van der Waals surface area contributed by atoms with Crippen molar-refractivity contribution in [1.82, 2.24) is 14.5 Å². The van der Waals surface area contributed by atoms with Gasteiger partial charge in [-0.25, -0.2) is 9.97 Å². The summed E-state index contributed by atoms with van der Waals surface area (Å²) in [7, 11) is 1.87. The number of pyridine rings is 1. The maximum absolute atomic E-state index is 13.3. The number of nitrogens with zero attached hydrogens (tertiary/aromatic N) is 4. The second kappa shape index (κ2) is 5.60. The van der Waals surface area contributed by atoms with Gasteiger partial charge in [0.05, 0.1) is 17.6 Å². The fraction of sp³-hybridized carbons (Fsp3) is 0.278. The van der Waals surface area contributed by atoms with Crippen LogP contribution in [0.5, 0.6) is 0 Å². The summed E-state index contributed by atoms with van der Waals surface area (Å²) in [4.78, 5) is 23.8. The zero-order valence-corrected chi connectivity index (χ0v) is 14.3. The molecular formula is C18H17ClN4O. The predicted molar refractivity (Wildman–Crippen MR) is 94.7 cm³/mol. The maximum Gasteiger partial charge on any atom is 0.260 e. The lowest BCUT2D eigenvalue weighted by molar-refractivity contribution is 0.0986. The molecule has 0 fully saturated rings. The molecule has 0 bridgehead atoms. The molecule has 1 amide bonds. The summed E-state index contributed by atoms with van der Waals surface area (Å²) >= 11 is 6.30. The molecule has 0 unspecified atom stereocenters. The van der Waals surface area contributed by atoms with Gasteiger partial charge in [0.25, 0.3) is 5.91 Å². The van der Waals surface area contributed by atoms with Crippen LogP contribution < -0.4 is 4.90 Å². The molecule has 24 heavy (non-hydrogen) atoms. The second-order valence-corrected chi connectivity index (χ2v) is 6.53. The number of halogens is 1. The van der Waals surface area contributed by atoms with Crippen molar-refractivity contribution in [3.63, 3.8) is 0 Å². The van der Waals surface area contributed by atoms with Gasteiger partial charge >= 0.3 is 0 Å². The van der Waals surface area contributed by atoms with Crippen LogP contribution in [0.15, 0.2) is 30.7 Å². The molecule has 5 nitrogen and oxygen atoms in total. The van der Waals surface area contributed by atoms with Crippen molar-refractivity contribution in [3.8, 4) is 0 Å². The Morgan fingerprint density at radius 3 is 2.92 bits per heavy atom. The first-order valence-electron chi connectivity index (χ1n) is 7.94. The van der Waals surface area contributed by atoms with Gasteiger partial charge in [0.2, 0.25) is 0 Å². The number of imidazole rings is 1. The lowest BCUT2D eigenvalue weighted by Crippen LogP contribution is -2.36. The summed E-state index contributed by atoms with van der Waals surface area (Å²) in [6.45, 7) is 2.65. The molecule has 0 N–H and O–H groups in total. The minimum absolute atomic E-state index is 0.0487. The van der Waals surface area contributed by atoms with E-state index < -0.39 is 0 Å². The van der Waals surface area contributed by atoms with Crippen molar-refractivity contribution < 1.29 is 4.79 Å². The Labute approximate surface area is 144 Å². The Bertz CT molecular complexity index is 963. The first-order valence-corrected chi connectivity index (χ1v) is 8.31. The van der Waals surface area contributed by atoms with Crippen LogP contribution in [0, 0.1) is 6.92 Å². The highest BCUT2D eigenvalue weighted by atomic mass is 35.5. The molecule has 0 radical (unpaired) electrons. The SMILES string of the molecule is Cc1c(Cl)ccc2c1N(C(=O)c1ccnc3c1ncn3C)CCC2. The van der Waals surface area contributed by atoms with Gasteiger partial charge in [-0.15, -0.1) is 0 Å².